The van der Waals surface area contributed by atoms with Crippen molar-refractivity contribution in [3.8, 4) is 0 Å². The summed E-state index contributed by atoms with van der Waals surface area (Å²) in [5.74, 6) is -0.309. The van der Waals surface area contributed by atoms with E-state index in [9.17, 15) is 9.18 Å². The lowest BCUT2D eigenvalue weighted by atomic mass is 10.3. The Morgan fingerprint density at radius 2 is 2.33 bits per heavy atom. The van der Waals surface area contributed by atoms with Gasteiger partial charge in [-0.2, -0.15) is 0 Å². The predicted octanol–water partition coefficient (Wildman–Crippen LogP) is 2.08. The Hall–Kier alpha value is -1.62. The third-order valence-electron chi connectivity index (χ3n) is 3.71. The third-order valence-corrected chi connectivity index (χ3v) is 3.71. The fourth-order valence-electron chi connectivity index (χ4n) is 2.86. The minimum atomic E-state index is -0.309. The quantitative estimate of drug-likeness (QED) is 0.885. The fourth-order valence-corrected chi connectivity index (χ4v) is 2.86. The number of likely N-dealkylation sites (tertiary alicyclic amines) is 1. The van der Waals surface area contributed by atoms with E-state index in [1.165, 1.54) is 12.1 Å². The molecule has 2 aromatic rings. The minimum absolute atomic E-state index is 0.0537. The predicted molar refractivity (Wildman–Crippen MR) is 68.0 cm³/mol. The number of aromatic nitrogens is 2. The van der Waals surface area contributed by atoms with Gasteiger partial charge in [-0.1, -0.05) is 6.92 Å². The van der Waals surface area contributed by atoms with Crippen molar-refractivity contribution < 1.29 is 4.39 Å². The Morgan fingerprint density at radius 3 is 3.11 bits per heavy atom. The van der Waals surface area contributed by atoms with E-state index >= 15 is 0 Å². The molecule has 1 aromatic carbocycles. The summed E-state index contributed by atoms with van der Waals surface area (Å²) in [6, 6.07) is 4.42. The Morgan fingerprint density at radius 1 is 1.50 bits per heavy atom. The summed E-state index contributed by atoms with van der Waals surface area (Å²) in [4.78, 5) is 17.1. The summed E-state index contributed by atoms with van der Waals surface area (Å²) >= 11 is 0. The van der Waals surface area contributed by atoms with Crippen LogP contribution in [0.2, 0.25) is 0 Å². The third kappa shape index (κ3) is 1.66. The number of halogens is 1. The van der Waals surface area contributed by atoms with E-state index in [1.54, 1.807) is 10.6 Å². The average molecular weight is 249 g/mol. The standard InChI is InChI=1S/C13H16FN3O/c1-2-16-7-3-4-12(16)17-11-8-9(14)5-6-10(11)15-13(17)18/h5-6,8,12H,2-4,7H2,1H3,(H,15,18). The van der Waals surface area contributed by atoms with E-state index in [4.69, 9.17) is 0 Å². The molecule has 18 heavy (non-hydrogen) atoms. The Balaban J connectivity index is 2.18. The minimum Gasteiger partial charge on any atom is -0.305 e. The lowest BCUT2D eigenvalue weighted by Crippen LogP contribution is -2.32. The number of hydrogen-bond acceptors (Lipinski definition) is 2. The van der Waals surface area contributed by atoms with Crippen molar-refractivity contribution in [3.05, 3.63) is 34.5 Å². The van der Waals surface area contributed by atoms with Gasteiger partial charge >= 0.3 is 5.69 Å². The zero-order valence-corrected chi connectivity index (χ0v) is 10.3. The first kappa shape index (κ1) is 11.5. The highest BCUT2D eigenvalue weighted by Gasteiger charge is 2.27. The molecule has 96 valence electrons. The molecule has 1 aliphatic rings. The molecular formula is C13H16FN3O. The van der Waals surface area contributed by atoms with Crippen molar-refractivity contribution in [3.63, 3.8) is 0 Å². The van der Waals surface area contributed by atoms with Crippen molar-refractivity contribution >= 4 is 11.0 Å². The van der Waals surface area contributed by atoms with Gasteiger partial charge in [0.15, 0.2) is 0 Å². The summed E-state index contributed by atoms with van der Waals surface area (Å²) in [6.45, 7) is 3.98. The van der Waals surface area contributed by atoms with Gasteiger partial charge in [0.25, 0.3) is 0 Å². The molecule has 5 heteroatoms. The largest absolute Gasteiger partial charge is 0.327 e. The maximum absolute atomic E-state index is 13.3. The van der Waals surface area contributed by atoms with Gasteiger partial charge in [-0.3, -0.25) is 9.47 Å². The molecule has 0 aliphatic carbocycles. The Bertz CT molecular complexity index is 631. The molecule has 1 unspecified atom stereocenters. The number of nitrogens with zero attached hydrogens (tertiary/aromatic N) is 2. The smallest absolute Gasteiger partial charge is 0.305 e. The molecule has 1 aromatic heterocycles. The lowest BCUT2D eigenvalue weighted by molar-refractivity contribution is 0.204. The topological polar surface area (TPSA) is 41.0 Å². The number of hydrogen-bond donors (Lipinski definition) is 1. The normalized spacial score (nSPS) is 20.9. The van der Waals surface area contributed by atoms with E-state index < -0.39 is 0 Å². The van der Waals surface area contributed by atoms with Gasteiger partial charge in [0.2, 0.25) is 0 Å². The maximum atomic E-state index is 13.3. The van der Waals surface area contributed by atoms with Crippen LogP contribution in [0, 0.1) is 5.82 Å². The summed E-state index contributed by atoms with van der Waals surface area (Å²) in [5.41, 5.74) is 1.20. The van der Waals surface area contributed by atoms with Gasteiger partial charge < -0.3 is 4.98 Å². The zero-order valence-electron chi connectivity index (χ0n) is 10.3. The van der Waals surface area contributed by atoms with Crippen LogP contribution in [0.5, 0.6) is 0 Å². The van der Waals surface area contributed by atoms with Gasteiger partial charge in [-0.25, -0.2) is 9.18 Å². The van der Waals surface area contributed by atoms with Gasteiger partial charge in [-0.05, 0) is 37.6 Å². The Kier molecular flexibility index (Phi) is 2.70. The molecule has 0 amide bonds. The van der Waals surface area contributed by atoms with Crippen LogP contribution in [-0.4, -0.2) is 27.5 Å². The van der Waals surface area contributed by atoms with Crippen molar-refractivity contribution in [2.45, 2.75) is 25.9 Å². The van der Waals surface area contributed by atoms with Gasteiger partial charge in [-0.15, -0.1) is 0 Å². The first-order valence-corrected chi connectivity index (χ1v) is 6.34. The van der Waals surface area contributed by atoms with Gasteiger partial charge in [0.05, 0.1) is 17.2 Å². The van der Waals surface area contributed by atoms with Crippen molar-refractivity contribution in [2.24, 2.45) is 0 Å². The van der Waals surface area contributed by atoms with Crippen molar-refractivity contribution in [1.82, 2.24) is 14.5 Å². The van der Waals surface area contributed by atoms with E-state index in [2.05, 4.69) is 16.8 Å². The number of imidazole rings is 1. The molecule has 1 atom stereocenters. The van der Waals surface area contributed by atoms with Gasteiger partial charge in [0, 0.05) is 6.54 Å². The van der Waals surface area contributed by atoms with E-state index in [0.717, 1.165) is 25.9 Å². The Labute approximate surface area is 104 Å². The fraction of sp³-hybridized carbons (Fsp3) is 0.462. The number of benzene rings is 1. The highest BCUT2D eigenvalue weighted by molar-refractivity contribution is 5.75. The lowest BCUT2D eigenvalue weighted by Gasteiger charge is -2.23. The van der Waals surface area contributed by atoms with Gasteiger partial charge in [0.1, 0.15) is 5.82 Å². The maximum Gasteiger partial charge on any atom is 0.327 e. The highest BCUT2D eigenvalue weighted by atomic mass is 19.1. The van der Waals surface area contributed by atoms with Crippen molar-refractivity contribution in [1.29, 1.82) is 0 Å². The number of nitrogens with one attached hydrogen (secondary N) is 1. The molecule has 4 nitrogen and oxygen atoms in total. The van der Waals surface area contributed by atoms with Crippen LogP contribution < -0.4 is 5.69 Å². The van der Waals surface area contributed by atoms with E-state index in [-0.39, 0.29) is 17.7 Å². The second-order valence-corrected chi connectivity index (χ2v) is 4.71. The molecular weight excluding hydrogens is 233 g/mol. The number of H-pyrrole nitrogens is 1. The first-order valence-electron chi connectivity index (χ1n) is 6.34. The summed E-state index contributed by atoms with van der Waals surface area (Å²) in [7, 11) is 0. The molecule has 0 saturated carbocycles. The van der Waals surface area contributed by atoms with Crippen LogP contribution >= 0.6 is 0 Å². The van der Waals surface area contributed by atoms with Crippen molar-refractivity contribution in [2.75, 3.05) is 13.1 Å². The number of fused-ring (bicyclic) bond motifs is 1. The molecule has 0 spiro atoms. The number of aromatic amines is 1. The van der Waals surface area contributed by atoms with Crippen LogP contribution in [0.25, 0.3) is 11.0 Å². The van der Waals surface area contributed by atoms with Crippen LogP contribution in [0.15, 0.2) is 23.0 Å². The second-order valence-electron chi connectivity index (χ2n) is 4.71. The molecule has 3 rings (SSSR count). The van der Waals surface area contributed by atoms with E-state index in [1.807, 2.05) is 0 Å². The van der Waals surface area contributed by atoms with Crippen LogP contribution in [-0.2, 0) is 0 Å². The summed E-state index contributed by atoms with van der Waals surface area (Å²) in [6.07, 6.45) is 2.07. The van der Waals surface area contributed by atoms with Crippen LogP contribution in [0.3, 0.4) is 0 Å². The SMILES string of the molecule is CCN1CCCC1n1c(=O)[nH]c2ccc(F)cc21. The highest BCUT2D eigenvalue weighted by Crippen LogP contribution is 2.28. The molecule has 2 heterocycles. The summed E-state index contributed by atoms with van der Waals surface area (Å²) in [5, 5.41) is 0. The molecule has 1 fully saturated rings. The molecule has 0 bridgehead atoms. The van der Waals surface area contributed by atoms with E-state index in [0.29, 0.717) is 11.0 Å². The number of rotatable bonds is 2. The van der Waals surface area contributed by atoms with Crippen LogP contribution in [0.4, 0.5) is 4.39 Å². The molecule has 1 saturated heterocycles. The monoisotopic (exact) mass is 249 g/mol. The molecule has 1 aliphatic heterocycles. The second kappa shape index (κ2) is 4.24. The van der Waals surface area contributed by atoms with Crippen LogP contribution in [0.1, 0.15) is 25.9 Å². The summed E-state index contributed by atoms with van der Waals surface area (Å²) < 4.78 is 15.0. The molecule has 1 N–H and O–H groups in total. The average Bonchev–Trinajstić information content (AvgIpc) is 2.91. The zero-order chi connectivity index (χ0) is 12.7. The molecule has 0 radical (unpaired) electrons. The first-order chi connectivity index (χ1) is 8.70.